The van der Waals surface area contributed by atoms with Crippen LogP contribution in [0, 0.1) is 13.8 Å². The monoisotopic (exact) mass is 317 g/mol. The summed E-state index contributed by atoms with van der Waals surface area (Å²) in [6.07, 6.45) is 0.774. The summed E-state index contributed by atoms with van der Waals surface area (Å²) in [5, 5.41) is 0. The Morgan fingerprint density at radius 3 is 2.26 bits per heavy atom. The zero-order chi connectivity index (χ0) is 17.6. The molecule has 5 nitrogen and oxygen atoms in total. The fourth-order valence-electron chi connectivity index (χ4n) is 1.80. The Kier molecular flexibility index (Phi) is 6.13. The van der Waals surface area contributed by atoms with Crippen LogP contribution in [0.4, 0.5) is 5.69 Å². The van der Waals surface area contributed by atoms with Crippen molar-refractivity contribution in [3.05, 3.63) is 53.0 Å². The Bertz CT molecular complexity index is 681. The predicted molar refractivity (Wildman–Crippen MR) is 89.6 cm³/mol. The molecule has 0 amide bonds. The quantitative estimate of drug-likeness (QED) is 0.515. The largest absolute Gasteiger partial charge is 0.466 e. The highest BCUT2D eigenvalue weighted by Gasteiger charge is 2.21. The van der Waals surface area contributed by atoms with Crippen molar-refractivity contribution in [1.82, 2.24) is 0 Å². The number of anilines is 1. The Morgan fingerprint density at radius 2 is 1.87 bits per heavy atom. The average molecular weight is 317 g/mol. The lowest BCUT2D eigenvalue weighted by molar-refractivity contribution is 0.00677. The molecule has 0 bridgehead atoms. The standard InChI is InChI=1S/C11H16O3.C7H7NO/c1-7-6-9(8(2)13-7)10(12)14-11(3,4)5;8-7-3-1-2-6(4-7)5-9/h6H,1-5H3;1-5H,8H2. The predicted octanol–water partition coefficient (Wildman–Crippen LogP) is 3.93. The molecule has 0 aliphatic heterocycles. The van der Waals surface area contributed by atoms with E-state index in [-0.39, 0.29) is 5.97 Å². The molecular weight excluding hydrogens is 294 g/mol. The summed E-state index contributed by atoms with van der Waals surface area (Å²) in [5.74, 6) is 1.01. The molecular formula is C18H23NO4. The second-order valence-electron chi connectivity index (χ2n) is 6.12. The van der Waals surface area contributed by atoms with E-state index in [2.05, 4.69) is 0 Å². The number of furan rings is 1. The van der Waals surface area contributed by atoms with Gasteiger partial charge in [-0.15, -0.1) is 0 Å². The molecule has 1 aromatic heterocycles. The SMILES string of the molecule is Cc1cc(C(=O)OC(C)(C)C)c(C)o1.Nc1cccc(C=O)c1. The van der Waals surface area contributed by atoms with Crippen molar-refractivity contribution in [2.75, 3.05) is 5.73 Å². The van der Waals surface area contributed by atoms with E-state index in [4.69, 9.17) is 14.9 Å². The number of rotatable bonds is 2. The van der Waals surface area contributed by atoms with Crippen LogP contribution in [0.2, 0.25) is 0 Å². The molecule has 0 saturated heterocycles. The van der Waals surface area contributed by atoms with Crippen molar-refractivity contribution >= 4 is 17.9 Å². The Hall–Kier alpha value is -2.56. The molecule has 0 aliphatic rings. The zero-order valence-corrected chi connectivity index (χ0v) is 14.2. The fraction of sp³-hybridized carbons (Fsp3) is 0.333. The van der Waals surface area contributed by atoms with Crippen LogP contribution in [-0.4, -0.2) is 17.9 Å². The second kappa shape index (κ2) is 7.63. The molecule has 1 aromatic carbocycles. The minimum atomic E-state index is -0.464. The smallest absolute Gasteiger partial charge is 0.342 e. The van der Waals surface area contributed by atoms with Crippen molar-refractivity contribution in [3.63, 3.8) is 0 Å². The first-order valence-corrected chi connectivity index (χ1v) is 7.23. The van der Waals surface area contributed by atoms with E-state index in [0.717, 1.165) is 12.0 Å². The van der Waals surface area contributed by atoms with Crippen molar-refractivity contribution in [1.29, 1.82) is 0 Å². The molecule has 2 aromatic rings. The van der Waals surface area contributed by atoms with E-state index in [1.807, 2.05) is 20.8 Å². The Balaban J connectivity index is 0.000000253. The summed E-state index contributed by atoms with van der Waals surface area (Å²) in [5.41, 5.74) is 6.67. The Labute approximate surface area is 136 Å². The second-order valence-corrected chi connectivity index (χ2v) is 6.12. The number of esters is 1. The number of hydrogen-bond donors (Lipinski definition) is 1. The van der Waals surface area contributed by atoms with Crippen LogP contribution >= 0.6 is 0 Å². The van der Waals surface area contributed by atoms with Crippen LogP contribution in [0.1, 0.15) is 53.0 Å². The molecule has 0 radical (unpaired) electrons. The summed E-state index contributed by atoms with van der Waals surface area (Å²) < 4.78 is 10.5. The van der Waals surface area contributed by atoms with E-state index < -0.39 is 5.60 Å². The number of carbonyl (C=O) groups excluding carboxylic acids is 2. The third kappa shape index (κ3) is 6.38. The summed E-state index contributed by atoms with van der Waals surface area (Å²) in [4.78, 5) is 21.7. The van der Waals surface area contributed by atoms with Crippen molar-refractivity contribution in [2.24, 2.45) is 0 Å². The van der Waals surface area contributed by atoms with Gasteiger partial charge in [-0.2, -0.15) is 0 Å². The van der Waals surface area contributed by atoms with E-state index >= 15 is 0 Å². The number of benzene rings is 1. The molecule has 2 rings (SSSR count). The lowest BCUT2D eigenvalue weighted by atomic mass is 10.2. The van der Waals surface area contributed by atoms with Crippen LogP contribution in [0.25, 0.3) is 0 Å². The molecule has 2 N–H and O–H groups in total. The maximum atomic E-state index is 11.6. The van der Waals surface area contributed by atoms with E-state index in [1.165, 1.54) is 0 Å². The summed E-state index contributed by atoms with van der Waals surface area (Å²) in [6.45, 7) is 9.08. The van der Waals surface area contributed by atoms with Gasteiger partial charge in [-0.25, -0.2) is 4.79 Å². The third-order valence-electron chi connectivity index (χ3n) is 2.71. The van der Waals surface area contributed by atoms with Crippen LogP contribution in [0.3, 0.4) is 0 Å². The van der Waals surface area contributed by atoms with Crippen LogP contribution in [0.15, 0.2) is 34.7 Å². The van der Waals surface area contributed by atoms with Gasteiger partial charge in [0.15, 0.2) is 0 Å². The normalized spacial score (nSPS) is 10.5. The molecule has 124 valence electrons. The van der Waals surface area contributed by atoms with Gasteiger partial charge in [0, 0.05) is 11.3 Å². The van der Waals surface area contributed by atoms with Crippen LogP contribution in [0.5, 0.6) is 0 Å². The van der Waals surface area contributed by atoms with E-state index in [9.17, 15) is 9.59 Å². The van der Waals surface area contributed by atoms with E-state index in [0.29, 0.717) is 22.6 Å². The number of nitrogen functional groups attached to an aromatic ring is 1. The topological polar surface area (TPSA) is 82.5 Å². The average Bonchev–Trinajstić information content (AvgIpc) is 2.76. The maximum Gasteiger partial charge on any atom is 0.342 e. The highest BCUT2D eigenvalue weighted by atomic mass is 16.6. The van der Waals surface area contributed by atoms with Gasteiger partial charge in [-0.05, 0) is 52.8 Å². The first kappa shape index (κ1) is 18.5. The number of ether oxygens (including phenoxy) is 1. The Morgan fingerprint density at radius 1 is 1.22 bits per heavy atom. The van der Waals surface area contributed by atoms with Gasteiger partial charge in [0.05, 0.1) is 0 Å². The number of aryl methyl sites for hydroxylation is 2. The molecule has 1 heterocycles. The van der Waals surface area contributed by atoms with E-state index in [1.54, 1.807) is 44.2 Å². The minimum Gasteiger partial charge on any atom is -0.466 e. The molecule has 0 spiro atoms. The van der Waals surface area contributed by atoms with Gasteiger partial charge in [0.1, 0.15) is 29.0 Å². The first-order valence-electron chi connectivity index (χ1n) is 7.23. The van der Waals surface area contributed by atoms with Crippen molar-refractivity contribution < 1.29 is 18.7 Å². The van der Waals surface area contributed by atoms with Gasteiger partial charge in [-0.1, -0.05) is 12.1 Å². The molecule has 0 atom stereocenters. The van der Waals surface area contributed by atoms with Gasteiger partial charge in [0.2, 0.25) is 0 Å². The summed E-state index contributed by atoms with van der Waals surface area (Å²) >= 11 is 0. The fourth-order valence-corrected chi connectivity index (χ4v) is 1.80. The number of hydrogen-bond acceptors (Lipinski definition) is 5. The van der Waals surface area contributed by atoms with Crippen molar-refractivity contribution in [3.8, 4) is 0 Å². The molecule has 0 fully saturated rings. The zero-order valence-electron chi connectivity index (χ0n) is 14.2. The van der Waals surface area contributed by atoms with Crippen molar-refractivity contribution in [2.45, 2.75) is 40.2 Å². The van der Waals surface area contributed by atoms with Crippen LogP contribution in [-0.2, 0) is 4.74 Å². The molecule has 0 aliphatic carbocycles. The highest BCUT2D eigenvalue weighted by Crippen LogP contribution is 2.18. The lowest BCUT2D eigenvalue weighted by Crippen LogP contribution is -2.23. The summed E-state index contributed by atoms with van der Waals surface area (Å²) in [6, 6.07) is 8.53. The van der Waals surface area contributed by atoms with Gasteiger partial charge >= 0.3 is 5.97 Å². The minimum absolute atomic E-state index is 0.327. The molecule has 0 saturated carbocycles. The third-order valence-corrected chi connectivity index (χ3v) is 2.71. The molecule has 23 heavy (non-hydrogen) atoms. The van der Waals surface area contributed by atoms with Gasteiger partial charge < -0.3 is 14.9 Å². The first-order chi connectivity index (χ1) is 10.6. The molecule has 0 unspecified atom stereocenters. The van der Waals surface area contributed by atoms with Crippen LogP contribution < -0.4 is 5.73 Å². The lowest BCUT2D eigenvalue weighted by Gasteiger charge is -2.18. The number of carbonyl (C=O) groups is 2. The summed E-state index contributed by atoms with van der Waals surface area (Å²) in [7, 11) is 0. The maximum absolute atomic E-state index is 11.6. The number of aldehydes is 1. The molecule has 5 heteroatoms. The number of nitrogens with two attached hydrogens (primary N) is 1. The highest BCUT2D eigenvalue weighted by molar-refractivity contribution is 5.90. The van der Waals surface area contributed by atoms with Gasteiger partial charge in [-0.3, -0.25) is 4.79 Å². The van der Waals surface area contributed by atoms with Gasteiger partial charge in [0.25, 0.3) is 0 Å².